The summed E-state index contributed by atoms with van der Waals surface area (Å²) in [4.78, 5) is 17.1. The number of nitrogens with zero attached hydrogens (tertiary/aromatic N) is 4. The minimum atomic E-state index is 0.0808. The van der Waals surface area contributed by atoms with Gasteiger partial charge in [0.25, 0.3) is 5.91 Å². The molecule has 1 atom stereocenters. The molecule has 162 valence electrons. The predicted molar refractivity (Wildman–Crippen MR) is 122 cm³/mol. The Hall–Kier alpha value is -3.39. The normalized spacial score (nSPS) is 18.1. The van der Waals surface area contributed by atoms with Crippen LogP contribution in [0.5, 0.6) is 11.5 Å². The average Bonchev–Trinajstić information content (AvgIpc) is 3.51. The molecule has 1 fully saturated rings. The molecule has 0 N–H and O–H groups in total. The fourth-order valence-electron chi connectivity index (χ4n) is 4.47. The molecule has 6 rings (SSSR count). The number of hydrogen-bond acceptors (Lipinski definition) is 6. The quantitative estimate of drug-likeness (QED) is 0.471. The van der Waals surface area contributed by atoms with Gasteiger partial charge in [-0.1, -0.05) is 6.07 Å². The number of rotatable bonds is 3. The van der Waals surface area contributed by atoms with Crippen molar-refractivity contribution in [3.8, 4) is 21.9 Å². The molecule has 7 nitrogen and oxygen atoms in total. The lowest BCUT2D eigenvalue weighted by Crippen LogP contribution is -2.39. The number of hydrogen-bond donors (Lipinski definition) is 0. The molecule has 0 bridgehead atoms. The molecule has 0 radical (unpaired) electrons. The molecule has 2 aliphatic heterocycles. The van der Waals surface area contributed by atoms with Gasteiger partial charge in [0, 0.05) is 30.1 Å². The van der Waals surface area contributed by atoms with Crippen LogP contribution in [-0.4, -0.2) is 51.7 Å². The minimum Gasteiger partial charge on any atom is -0.486 e. The van der Waals surface area contributed by atoms with Crippen LogP contribution < -0.4 is 9.47 Å². The Morgan fingerprint density at radius 3 is 2.88 bits per heavy atom. The number of aromatic nitrogens is 3. The fourth-order valence-corrected chi connectivity index (χ4v) is 5.44. The summed E-state index contributed by atoms with van der Waals surface area (Å²) in [6.45, 7) is 2.56. The molecule has 1 saturated heterocycles. The summed E-state index contributed by atoms with van der Waals surface area (Å²) < 4.78 is 13.3. The third kappa shape index (κ3) is 3.40. The number of thiophene rings is 1. The van der Waals surface area contributed by atoms with E-state index >= 15 is 0 Å². The molecule has 4 aromatic rings. The SMILES string of the molecule is O=C(c1ccc(-c2ccc3c(c2)OCCO3)s1)N1CCCC(c2nnc3ccccn23)C1. The van der Waals surface area contributed by atoms with Crippen molar-refractivity contribution in [2.45, 2.75) is 18.8 Å². The molecule has 32 heavy (non-hydrogen) atoms. The highest BCUT2D eigenvalue weighted by molar-refractivity contribution is 7.17. The Morgan fingerprint density at radius 2 is 1.94 bits per heavy atom. The first-order chi connectivity index (χ1) is 15.8. The van der Waals surface area contributed by atoms with Gasteiger partial charge in [-0.25, -0.2) is 0 Å². The number of ether oxygens (including phenoxy) is 2. The highest BCUT2D eigenvalue weighted by atomic mass is 32.1. The number of likely N-dealkylation sites (tertiary alicyclic amines) is 1. The van der Waals surface area contributed by atoms with Gasteiger partial charge >= 0.3 is 0 Å². The first kappa shape index (κ1) is 19.3. The van der Waals surface area contributed by atoms with Crippen molar-refractivity contribution in [2.75, 3.05) is 26.3 Å². The smallest absolute Gasteiger partial charge is 0.263 e. The van der Waals surface area contributed by atoms with E-state index in [-0.39, 0.29) is 11.8 Å². The number of carbonyl (C=O) groups excluding carboxylic acids is 1. The molecule has 0 spiro atoms. The van der Waals surface area contributed by atoms with Gasteiger partial charge in [0.05, 0.1) is 4.88 Å². The number of fused-ring (bicyclic) bond motifs is 2. The van der Waals surface area contributed by atoms with Crippen molar-refractivity contribution in [3.05, 3.63) is 65.4 Å². The van der Waals surface area contributed by atoms with E-state index < -0.39 is 0 Å². The lowest BCUT2D eigenvalue weighted by Gasteiger charge is -2.31. The summed E-state index contributed by atoms with van der Waals surface area (Å²) in [6, 6.07) is 15.8. The lowest BCUT2D eigenvalue weighted by atomic mass is 9.97. The van der Waals surface area contributed by atoms with Gasteiger partial charge in [-0.15, -0.1) is 21.5 Å². The van der Waals surface area contributed by atoms with Crippen molar-refractivity contribution in [1.82, 2.24) is 19.5 Å². The molecule has 2 aliphatic rings. The second kappa shape index (κ2) is 7.94. The third-order valence-electron chi connectivity index (χ3n) is 6.06. The van der Waals surface area contributed by atoms with Crippen molar-refractivity contribution in [1.29, 1.82) is 0 Å². The Labute approximate surface area is 189 Å². The van der Waals surface area contributed by atoms with Crippen LogP contribution in [0.1, 0.15) is 34.3 Å². The van der Waals surface area contributed by atoms with E-state index in [0.29, 0.717) is 19.8 Å². The summed E-state index contributed by atoms with van der Waals surface area (Å²) in [5.41, 5.74) is 1.87. The van der Waals surface area contributed by atoms with Gasteiger partial charge < -0.3 is 14.4 Å². The largest absolute Gasteiger partial charge is 0.486 e. The summed E-state index contributed by atoms with van der Waals surface area (Å²) in [5, 5.41) is 8.70. The van der Waals surface area contributed by atoms with E-state index in [4.69, 9.17) is 9.47 Å². The molecule has 0 saturated carbocycles. The summed E-state index contributed by atoms with van der Waals surface area (Å²) >= 11 is 1.52. The van der Waals surface area contributed by atoms with Crippen molar-refractivity contribution >= 4 is 22.9 Å². The lowest BCUT2D eigenvalue weighted by molar-refractivity contribution is 0.0709. The predicted octanol–water partition coefficient (Wildman–Crippen LogP) is 4.25. The topological polar surface area (TPSA) is 69.0 Å². The maximum absolute atomic E-state index is 13.3. The highest BCUT2D eigenvalue weighted by Crippen LogP contribution is 2.37. The van der Waals surface area contributed by atoms with Gasteiger partial charge in [0.1, 0.15) is 19.0 Å². The van der Waals surface area contributed by atoms with Crippen LogP contribution in [0.3, 0.4) is 0 Å². The number of benzene rings is 1. The van der Waals surface area contributed by atoms with Gasteiger partial charge in [-0.3, -0.25) is 9.20 Å². The second-order valence-electron chi connectivity index (χ2n) is 8.10. The maximum Gasteiger partial charge on any atom is 0.263 e. The van der Waals surface area contributed by atoms with Gasteiger partial charge in [0.2, 0.25) is 0 Å². The summed E-state index contributed by atoms with van der Waals surface area (Å²) in [6.07, 6.45) is 3.95. The fraction of sp³-hybridized carbons (Fsp3) is 0.292. The zero-order chi connectivity index (χ0) is 21.5. The van der Waals surface area contributed by atoms with E-state index in [0.717, 1.165) is 57.7 Å². The zero-order valence-corrected chi connectivity index (χ0v) is 18.3. The van der Waals surface area contributed by atoms with Crippen LogP contribution in [-0.2, 0) is 0 Å². The molecule has 8 heteroatoms. The van der Waals surface area contributed by atoms with E-state index in [1.807, 2.05) is 64.0 Å². The average molecular weight is 447 g/mol. The van der Waals surface area contributed by atoms with Crippen molar-refractivity contribution < 1.29 is 14.3 Å². The molecule has 1 amide bonds. The molecule has 3 aromatic heterocycles. The minimum absolute atomic E-state index is 0.0808. The highest BCUT2D eigenvalue weighted by Gasteiger charge is 2.29. The van der Waals surface area contributed by atoms with Gasteiger partial charge in [-0.05, 0) is 60.9 Å². The molecule has 1 unspecified atom stereocenters. The van der Waals surface area contributed by atoms with Crippen LogP contribution in [0.15, 0.2) is 54.7 Å². The van der Waals surface area contributed by atoms with Crippen LogP contribution in [0.2, 0.25) is 0 Å². The summed E-state index contributed by atoms with van der Waals surface area (Å²) in [7, 11) is 0. The van der Waals surface area contributed by atoms with E-state index in [1.54, 1.807) is 0 Å². The maximum atomic E-state index is 13.3. The standard InChI is InChI=1S/C24H22N4O3S/c29-24(21-9-8-20(32-21)16-6-7-18-19(14-16)31-13-12-30-18)27-10-3-4-17(15-27)23-26-25-22-5-1-2-11-28(22)23/h1-2,5-9,11,14,17H,3-4,10,12-13,15H2. The van der Waals surface area contributed by atoms with Gasteiger partial charge in [0.15, 0.2) is 17.1 Å². The van der Waals surface area contributed by atoms with Crippen LogP contribution in [0, 0.1) is 0 Å². The zero-order valence-electron chi connectivity index (χ0n) is 17.4. The first-order valence-electron chi connectivity index (χ1n) is 10.8. The summed E-state index contributed by atoms with van der Waals surface area (Å²) in [5.74, 6) is 2.73. The molecule has 1 aromatic carbocycles. The van der Waals surface area contributed by atoms with E-state index in [1.165, 1.54) is 11.3 Å². The van der Waals surface area contributed by atoms with Gasteiger partial charge in [-0.2, -0.15) is 0 Å². The Balaban J connectivity index is 1.21. The number of amides is 1. The molecule has 0 aliphatic carbocycles. The van der Waals surface area contributed by atoms with Crippen LogP contribution in [0.25, 0.3) is 16.1 Å². The monoisotopic (exact) mass is 446 g/mol. The van der Waals surface area contributed by atoms with Crippen LogP contribution in [0.4, 0.5) is 0 Å². The molecule has 5 heterocycles. The number of pyridine rings is 1. The Kier molecular flexibility index (Phi) is 4.79. The van der Waals surface area contributed by atoms with E-state index in [9.17, 15) is 4.79 Å². The number of carbonyl (C=O) groups is 1. The van der Waals surface area contributed by atoms with E-state index in [2.05, 4.69) is 10.2 Å². The second-order valence-corrected chi connectivity index (χ2v) is 9.18. The van der Waals surface area contributed by atoms with Crippen LogP contribution >= 0.6 is 11.3 Å². The molecular weight excluding hydrogens is 424 g/mol. The number of piperidine rings is 1. The van der Waals surface area contributed by atoms with Crippen molar-refractivity contribution in [2.24, 2.45) is 0 Å². The Bertz CT molecular complexity index is 1300. The molecular formula is C24H22N4O3S. The van der Waals surface area contributed by atoms with Crippen molar-refractivity contribution in [3.63, 3.8) is 0 Å². The first-order valence-corrected chi connectivity index (χ1v) is 11.7. The Morgan fingerprint density at radius 1 is 1.03 bits per heavy atom. The third-order valence-corrected chi connectivity index (χ3v) is 7.18.